The predicted molar refractivity (Wildman–Crippen MR) is 106 cm³/mol. The van der Waals surface area contributed by atoms with E-state index >= 15 is 0 Å². The summed E-state index contributed by atoms with van der Waals surface area (Å²) in [5, 5.41) is 10.8. The lowest BCUT2D eigenvalue weighted by Gasteiger charge is -2.37. The van der Waals surface area contributed by atoms with Gasteiger partial charge < -0.3 is 20.5 Å². The second kappa shape index (κ2) is 11.5. The van der Waals surface area contributed by atoms with Gasteiger partial charge in [-0.25, -0.2) is 0 Å². The summed E-state index contributed by atoms with van der Waals surface area (Å²) in [6.07, 6.45) is 0.624. The van der Waals surface area contributed by atoms with Crippen LogP contribution in [0.2, 0.25) is 0 Å². The molecule has 0 radical (unpaired) electrons. The minimum absolute atomic E-state index is 0.0347. The van der Waals surface area contributed by atoms with Crippen molar-refractivity contribution in [2.75, 3.05) is 32.6 Å². The zero-order chi connectivity index (χ0) is 20.4. The molecule has 0 aromatic heterocycles. The summed E-state index contributed by atoms with van der Waals surface area (Å²) in [6, 6.07) is 6.08. The fourth-order valence-corrected chi connectivity index (χ4v) is 4.76. The maximum Gasteiger partial charge on any atom is 0.344 e. The van der Waals surface area contributed by atoms with Crippen molar-refractivity contribution in [2.45, 2.75) is 39.3 Å². The van der Waals surface area contributed by atoms with Crippen LogP contribution < -0.4 is 11.5 Å². The monoisotopic (exact) mass is 402 g/mol. The Balaban J connectivity index is 3.03. The van der Waals surface area contributed by atoms with Gasteiger partial charge in [0.05, 0.1) is 18.1 Å². The fraction of sp³-hybridized carbons (Fsp3) is 0.647. The first-order valence-electron chi connectivity index (χ1n) is 9.07. The van der Waals surface area contributed by atoms with Gasteiger partial charge in [0.25, 0.3) is 5.69 Å². The molecule has 0 saturated heterocycles. The molecule has 9 nitrogen and oxygen atoms in total. The van der Waals surface area contributed by atoms with Gasteiger partial charge in [-0.15, -0.1) is 0 Å². The van der Waals surface area contributed by atoms with E-state index in [-0.39, 0.29) is 37.3 Å². The van der Waals surface area contributed by atoms with Gasteiger partial charge in [0.2, 0.25) is 0 Å². The molecule has 0 fully saturated rings. The molecular formula is C17H31N4O5P. The number of hydrogen-bond donors (Lipinski definition) is 2. The second-order valence-corrected chi connectivity index (χ2v) is 8.23. The van der Waals surface area contributed by atoms with E-state index in [4.69, 9.17) is 20.5 Å². The van der Waals surface area contributed by atoms with Crippen LogP contribution in [0.15, 0.2) is 24.3 Å². The molecule has 4 N–H and O–H groups in total. The molecule has 1 rings (SSSR count). The highest BCUT2D eigenvalue weighted by Gasteiger charge is 2.33. The van der Waals surface area contributed by atoms with Crippen molar-refractivity contribution in [2.24, 2.45) is 11.5 Å². The number of nitrogens with zero attached hydrogens (tertiary/aromatic N) is 2. The maximum atomic E-state index is 13.0. The van der Waals surface area contributed by atoms with E-state index in [1.807, 2.05) is 11.8 Å². The van der Waals surface area contributed by atoms with Crippen LogP contribution in [0, 0.1) is 10.1 Å². The Hall–Kier alpha value is -1.35. The van der Waals surface area contributed by atoms with E-state index in [1.165, 1.54) is 12.1 Å². The van der Waals surface area contributed by atoms with Crippen LogP contribution in [0.5, 0.6) is 0 Å². The SMILES string of the molecule is CCOP(=O)(CN([C@H](CN)Cc1ccc([N+](=O)[O-])cc1)[C@H](C)CN)OCC. The molecule has 2 atom stereocenters. The van der Waals surface area contributed by atoms with Crippen molar-refractivity contribution in [3.63, 3.8) is 0 Å². The van der Waals surface area contributed by atoms with Gasteiger partial charge >= 0.3 is 7.60 Å². The van der Waals surface area contributed by atoms with Crippen molar-refractivity contribution < 1.29 is 18.5 Å². The number of nitrogens with two attached hydrogens (primary N) is 2. The number of nitro groups is 1. The summed E-state index contributed by atoms with van der Waals surface area (Å²) in [7, 11) is -3.31. The van der Waals surface area contributed by atoms with Crippen molar-refractivity contribution in [1.29, 1.82) is 0 Å². The molecule has 27 heavy (non-hydrogen) atoms. The highest BCUT2D eigenvalue weighted by atomic mass is 31.2. The van der Waals surface area contributed by atoms with Crippen LogP contribution in [-0.4, -0.2) is 54.5 Å². The van der Waals surface area contributed by atoms with Crippen molar-refractivity contribution >= 4 is 13.3 Å². The van der Waals surface area contributed by atoms with Gasteiger partial charge in [-0.1, -0.05) is 12.1 Å². The predicted octanol–water partition coefficient (Wildman–Crippen LogP) is 2.34. The van der Waals surface area contributed by atoms with E-state index in [2.05, 4.69) is 0 Å². The average Bonchev–Trinajstić information content (AvgIpc) is 2.64. The third kappa shape index (κ3) is 7.29. The van der Waals surface area contributed by atoms with Crippen LogP contribution in [0.4, 0.5) is 5.69 Å². The van der Waals surface area contributed by atoms with Gasteiger partial charge in [0, 0.05) is 37.3 Å². The smallest absolute Gasteiger partial charge is 0.329 e. The van der Waals surface area contributed by atoms with Gasteiger partial charge in [0.15, 0.2) is 0 Å². The molecule has 1 aromatic rings. The first-order chi connectivity index (χ1) is 12.8. The first kappa shape index (κ1) is 23.7. The Kier molecular flexibility index (Phi) is 10.1. The summed E-state index contributed by atoms with van der Waals surface area (Å²) < 4.78 is 23.8. The van der Waals surface area contributed by atoms with Crippen LogP contribution in [-0.2, 0) is 20.0 Å². The average molecular weight is 402 g/mol. The summed E-state index contributed by atoms with van der Waals surface area (Å²) in [5.41, 5.74) is 12.8. The fourth-order valence-electron chi connectivity index (χ4n) is 2.82. The molecule has 0 saturated carbocycles. The van der Waals surface area contributed by atoms with Gasteiger partial charge in [-0.3, -0.25) is 19.6 Å². The normalized spacial score (nSPS) is 14.3. The Labute approximate surface area is 160 Å². The molecule has 154 valence electrons. The summed E-state index contributed by atoms with van der Waals surface area (Å²) in [5.74, 6) is 0. The third-order valence-corrected chi connectivity index (χ3v) is 6.23. The topological polar surface area (TPSA) is 134 Å². The second-order valence-electron chi connectivity index (χ2n) is 6.20. The van der Waals surface area contributed by atoms with Crippen LogP contribution in [0.1, 0.15) is 26.3 Å². The van der Waals surface area contributed by atoms with Crippen LogP contribution >= 0.6 is 7.60 Å². The Morgan fingerprint density at radius 2 is 1.70 bits per heavy atom. The molecule has 0 unspecified atom stereocenters. The number of hydrogen-bond acceptors (Lipinski definition) is 8. The maximum absolute atomic E-state index is 13.0. The molecule has 0 heterocycles. The van der Waals surface area contributed by atoms with Crippen molar-refractivity contribution in [1.82, 2.24) is 4.90 Å². The highest BCUT2D eigenvalue weighted by molar-refractivity contribution is 7.53. The van der Waals surface area contributed by atoms with Crippen molar-refractivity contribution in [3.8, 4) is 0 Å². The van der Waals surface area contributed by atoms with Crippen molar-refractivity contribution in [3.05, 3.63) is 39.9 Å². The molecule has 0 spiro atoms. The van der Waals surface area contributed by atoms with E-state index < -0.39 is 12.5 Å². The van der Waals surface area contributed by atoms with Gasteiger partial charge in [-0.05, 0) is 32.8 Å². The molecule has 0 aliphatic carbocycles. The summed E-state index contributed by atoms with van der Waals surface area (Å²) in [6.45, 7) is 6.67. The molecule has 1 aromatic carbocycles. The largest absolute Gasteiger partial charge is 0.344 e. The van der Waals surface area contributed by atoms with E-state index in [0.717, 1.165) is 5.56 Å². The lowest BCUT2D eigenvalue weighted by atomic mass is 10.0. The molecule has 0 bridgehead atoms. The van der Waals surface area contributed by atoms with E-state index in [0.29, 0.717) is 19.5 Å². The Morgan fingerprint density at radius 3 is 2.11 bits per heavy atom. The van der Waals surface area contributed by atoms with Gasteiger partial charge in [-0.2, -0.15) is 0 Å². The van der Waals surface area contributed by atoms with Crippen LogP contribution in [0.3, 0.4) is 0 Å². The zero-order valence-corrected chi connectivity index (χ0v) is 17.1. The number of benzene rings is 1. The number of rotatable bonds is 13. The minimum Gasteiger partial charge on any atom is -0.329 e. The Morgan fingerprint density at radius 1 is 1.15 bits per heavy atom. The lowest BCUT2D eigenvalue weighted by Crippen LogP contribution is -2.50. The molecular weight excluding hydrogens is 371 g/mol. The third-order valence-electron chi connectivity index (χ3n) is 4.25. The Bertz CT molecular complexity index is 618. The number of nitro benzene ring substituents is 1. The summed E-state index contributed by atoms with van der Waals surface area (Å²) in [4.78, 5) is 12.3. The highest BCUT2D eigenvalue weighted by Crippen LogP contribution is 2.49. The molecule has 0 aliphatic heterocycles. The summed E-state index contributed by atoms with van der Waals surface area (Å²) >= 11 is 0. The quantitative estimate of drug-likeness (QED) is 0.292. The first-order valence-corrected chi connectivity index (χ1v) is 10.8. The standard InChI is InChI=1S/C17H31N4O5P/c1-4-25-27(24,26-5-2)13-20(14(3)11-18)17(12-19)10-15-6-8-16(9-7-15)21(22)23/h6-9,14,17H,4-5,10-13,18-19H2,1-3H3/t14-,17+/m1/s1. The van der Waals surface area contributed by atoms with E-state index in [1.54, 1.807) is 26.0 Å². The van der Waals surface area contributed by atoms with E-state index in [9.17, 15) is 14.7 Å². The molecule has 0 aliphatic rings. The zero-order valence-electron chi connectivity index (χ0n) is 16.2. The number of non-ortho nitro benzene ring substituents is 1. The lowest BCUT2D eigenvalue weighted by molar-refractivity contribution is -0.384. The molecule has 0 amide bonds. The van der Waals surface area contributed by atoms with Crippen LogP contribution in [0.25, 0.3) is 0 Å². The van der Waals surface area contributed by atoms with Gasteiger partial charge in [0.1, 0.15) is 6.29 Å². The molecule has 10 heteroatoms. The minimum atomic E-state index is -3.31.